The predicted molar refractivity (Wildman–Crippen MR) is 95.1 cm³/mol. The maximum absolute atomic E-state index is 9.26. The van der Waals surface area contributed by atoms with Crippen molar-refractivity contribution in [3.63, 3.8) is 0 Å². The highest BCUT2D eigenvalue weighted by Crippen LogP contribution is 2.35. The fraction of sp³-hybridized carbons (Fsp3) is 0. The second kappa shape index (κ2) is 5.94. The molecule has 0 N–H and O–H groups in total. The Labute approximate surface area is 139 Å². The van der Waals surface area contributed by atoms with Crippen LogP contribution in [0.3, 0.4) is 0 Å². The van der Waals surface area contributed by atoms with Gasteiger partial charge in [0.05, 0.1) is 17.1 Å². The van der Waals surface area contributed by atoms with Crippen LogP contribution < -0.4 is 0 Å². The van der Waals surface area contributed by atoms with Crippen LogP contribution in [0.2, 0.25) is 0 Å². The summed E-state index contributed by atoms with van der Waals surface area (Å²) in [5.41, 5.74) is 5.30. The molecule has 4 rings (SSSR count). The summed E-state index contributed by atoms with van der Waals surface area (Å²) in [4.78, 5) is 0. The monoisotopic (exact) mass is 307 g/mol. The summed E-state index contributed by atoms with van der Waals surface area (Å²) >= 11 is 0. The van der Waals surface area contributed by atoms with Crippen LogP contribution >= 0.6 is 0 Å². The lowest BCUT2D eigenvalue weighted by Gasteiger charge is -2.12. The minimum absolute atomic E-state index is 0.617. The maximum atomic E-state index is 9.26. The van der Waals surface area contributed by atoms with Gasteiger partial charge in [-0.2, -0.15) is 5.26 Å². The van der Waals surface area contributed by atoms with E-state index in [0.29, 0.717) is 5.56 Å². The van der Waals surface area contributed by atoms with Crippen molar-refractivity contribution in [1.82, 2.24) is 10.2 Å². The third-order valence-electron chi connectivity index (χ3n) is 4.00. The Morgan fingerprint density at radius 1 is 0.708 bits per heavy atom. The number of hydrogen-bond donors (Lipinski definition) is 0. The van der Waals surface area contributed by atoms with Crippen molar-refractivity contribution in [1.29, 1.82) is 5.26 Å². The van der Waals surface area contributed by atoms with Gasteiger partial charge < -0.3 is 0 Å². The van der Waals surface area contributed by atoms with Crippen LogP contribution in [0.1, 0.15) is 5.56 Å². The fourth-order valence-electron chi connectivity index (χ4n) is 2.87. The zero-order chi connectivity index (χ0) is 16.4. The van der Waals surface area contributed by atoms with Gasteiger partial charge in [0.2, 0.25) is 0 Å². The predicted octanol–water partition coefficient (Wildman–Crippen LogP) is 4.84. The SMILES string of the molecule is N#Cc1ccc2nnc(-c3ccccc3)c(-c3ccccc3)c2c1. The van der Waals surface area contributed by atoms with E-state index in [1.807, 2.05) is 60.7 Å². The van der Waals surface area contributed by atoms with Gasteiger partial charge in [0.15, 0.2) is 0 Å². The second-order valence-electron chi connectivity index (χ2n) is 5.50. The largest absolute Gasteiger partial charge is 0.192 e. The van der Waals surface area contributed by atoms with Crippen molar-refractivity contribution in [2.45, 2.75) is 0 Å². The number of nitriles is 1. The van der Waals surface area contributed by atoms with E-state index in [1.54, 1.807) is 6.07 Å². The molecule has 24 heavy (non-hydrogen) atoms. The van der Waals surface area contributed by atoms with Crippen molar-refractivity contribution < 1.29 is 0 Å². The average molecular weight is 307 g/mol. The normalized spacial score (nSPS) is 10.5. The van der Waals surface area contributed by atoms with E-state index in [9.17, 15) is 5.26 Å². The molecule has 0 aliphatic carbocycles. The first-order valence-electron chi connectivity index (χ1n) is 7.68. The highest BCUT2D eigenvalue weighted by atomic mass is 15.1. The summed E-state index contributed by atoms with van der Waals surface area (Å²) in [6.07, 6.45) is 0. The molecular weight excluding hydrogens is 294 g/mol. The first-order valence-corrected chi connectivity index (χ1v) is 7.68. The first-order chi connectivity index (χ1) is 11.9. The number of aromatic nitrogens is 2. The Morgan fingerprint density at radius 2 is 1.38 bits per heavy atom. The smallest absolute Gasteiger partial charge is 0.101 e. The zero-order valence-electron chi connectivity index (χ0n) is 12.8. The van der Waals surface area contributed by atoms with E-state index in [0.717, 1.165) is 33.3 Å². The van der Waals surface area contributed by atoms with Crippen molar-refractivity contribution in [3.8, 4) is 28.5 Å². The molecule has 0 radical (unpaired) electrons. The summed E-state index contributed by atoms with van der Waals surface area (Å²) in [5, 5.41) is 19.0. The zero-order valence-corrected chi connectivity index (χ0v) is 12.8. The van der Waals surface area contributed by atoms with Crippen LogP contribution in [0.25, 0.3) is 33.3 Å². The van der Waals surface area contributed by atoms with Crippen LogP contribution in [0.4, 0.5) is 0 Å². The quantitative estimate of drug-likeness (QED) is 0.532. The lowest BCUT2D eigenvalue weighted by Crippen LogP contribution is -1.95. The highest BCUT2D eigenvalue weighted by molar-refractivity contribution is 6.01. The molecule has 3 aromatic carbocycles. The van der Waals surface area contributed by atoms with Crippen LogP contribution in [0, 0.1) is 11.3 Å². The second-order valence-corrected chi connectivity index (χ2v) is 5.50. The number of benzene rings is 3. The Balaban J connectivity index is 2.12. The Bertz CT molecular complexity index is 1050. The molecule has 0 aliphatic heterocycles. The van der Waals surface area contributed by atoms with Crippen molar-refractivity contribution in [3.05, 3.63) is 84.4 Å². The third-order valence-corrected chi connectivity index (χ3v) is 4.00. The van der Waals surface area contributed by atoms with Gasteiger partial charge in [-0.3, -0.25) is 0 Å². The fourth-order valence-corrected chi connectivity index (χ4v) is 2.87. The maximum Gasteiger partial charge on any atom is 0.101 e. The standard InChI is InChI=1S/C21H13N3/c22-14-15-11-12-19-18(13-15)20(16-7-3-1-4-8-16)21(24-23-19)17-9-5-2-6-10-17/h1-13H. The summed E-state index contributed by atoms with van der Waals surface area (Å²) in [5.74, 6) is 0. The topological polar surface area (TPSA) is 49.6 Å². The molecule has 0 aliphatic rings. The first kappa shape index (κ1) is 14.1. The minimum atomic E-state index is 0.617. The van der Waals surface area contributed by atoms with Gasteiger partial charge in [0.1, 0.15) is 5.69 Å². The number of nitrogens with zero attached hydrogens (tertiary/aromatic N) is 3. The molecule has 0 unspecified atom stereocenters. The van der Waals surface area contributed by atoms with Gasteiger partial charge in [-0.15, -0.1) is 10.2 Å². The molecule has 0 fully saturated rings. The Morgan fingerprint density at radius 3 is 2.04 bits per heavy atom. The number of hydrogen-bond acceptors (Lipinski definition) is 3. The summed E-state index contributed by atoms with van der Waals surface area (Å²) < 4.78 is 0. The van der Waals surface area contributed by atoms with Crippen molar-refractivity contribution in [2.75, 3.05) is 0 Å². The molecule has 0 saturated heterocycles. The van der Waals surface area contributed by atoms with Gasteiger partial charge in [-0.05, 0) is 23.8 Å². The molecule has 1 aromatic heterocycles. The lowest BCUT2D eigenvalue weighted by atomic mass is 9.95. The van der Waals surface area contributed by atoms with E-state index >= 15 is 0 Å². The summed E-state index contributed by atoms with van der Waals surface area (Å²) in [7, 11) is 0. The third kappa shape index (κ3) is 2.41. The van der Waals surface area contributed by atoms with E-state index in [4.69, 9.17) is 0 Å². The van der Waals surface area contributed by atoms with Crippen LogP contribution in [0.5, 0.6) is 0 Å². The number of fused-ring (bicyclic) bond motifs is 1. The average Bonchev–Trinajstić information content (AvgIpc) is 2.68. The van der Waals surface area contributed by atoms with E-state index in [2.05, 4.69) is 28.4 Å². The van der Waals surface area contributed by atoms with Crippen LogP contribution in [0.15, 0.2) is 78.9 Å². The van der Waals surface area contributed by atoms with Gasteiger partial charge in [0, 0.05) is 16.5 Å². The van der Waals surface area contributed by atoms with Crippen LogP contribution in [-0.2, 0) is 0 Å². The van der Waals surface area contributed by atoms with E-state index in [1.165, 1.54) is 0 Å². The molecule has 3 nitrogen and oxygen atoms in total. The molecule has 0 atom stereocenters. The summed E-state index contributed by atoms with van der Waals surface area (Å²) in [6.45, 7) is 0. The molecule has 1 heterocycles. The Kier molecular flexibility index (Phi) is 3.49. The highest BCUT2D eigenvalue weighted by Gasteiger charge is 2.14. The van der Waals surface area contributed by atoms with Crippen LogP contribution in [-0.4, -0.2) is 10.2 Å². The van der Waals surface area contributed by atoms with Crippen molar-refractivity contribution in [2.24, 2.45) is 0 Å². The van der Waals surface area contributed by atoms with E-state index in [-0.39, 0.29) is 0 Å². The molecule has 4 aromatic rings. The number of rotatable bonds is 2. The van der Waals surface area contributed by atoms with Gasteiger partial charge >= 0.3 is 0 Å². The molecule has 112 valence electrons. The molecule has 0 spiro atoms. The molecule has 0 amide bonds. The van der Waals surface area contributed by atoms with Gasteiger partial charge in [-0.1, -0.05) is 60.7 Å². The molecular formula is C21H13N3. The van der Waals surface area contributed by atoms with Gasteiger partial charge in [-0.25, -0.2) is 0 Å². The Hall–Kier alpha value is -3.51. The van der Waals surface area contributed by atoms with Gasteiger partial charge in [0.25, 0.3) is 0 Å². The summed E-state index contributed by atoms with van der Waals surface area (Å²) in [6, 6.07) is 27.8. The minimum Gasteiger partial charge on any atom is -0.192 e. The lowest BCUT2D eigenvalue weighted by molar-refractivity contribution is 1.08. The molecule has 3 heteroatoms. The molecule has 0 saturated carbocycles. The van der Waals surface area contributed by atoms with E-state index < -0.39 is 0 Å². The van der Waals surface area contributed by atoms with Crippen molar-refractivity contribution >= 4 is 10.9 Å². The molecule has 0 bridgehead atoms.